The number of aryl methyl sites for hydroxylation is 1. The molecule has 2 rings (SSSR count). The maximum absolute atomic E-state index is 12.0. The molecule has 1 aromatic carbocycles. The van der Waals surface area contributed by atoms with Gasteiger partial charge in [0.15, 0.2) is 0 Å². The Kier molecular flexibility index (Phi) is 5.71. The normalized spacial score (nSPS) is 16.3. The molecular weight excluding hydrogens is 258 g/mol. The number of halogens is 1. The van der Waals surface area contributed by atoms with Gasteiger partial charge in [-0.3, -0.25) is 4.79 Å². The number of nitrogens with one attached hydrogen (secondary N) is 1. The summed E-state index contributed by atoms with van der Waals surface area (Å²) in [6, 6.07) is 7.97. The Morgan fingerprint density at radius 3 is 2.47 bits per heavy atom. The van der Waals surface area contributed by atoms with Gasteiger partial charge < -0.3 is 5.32 Å². The molecule has 0 bridgehead atoms. The summed E-state index contributed by atoms with van der Waals surface area (Å²) in [6.07, 6.45) is 7.86. The van der Waals surface area contributed by atoms with Gasteiger partial charge in [-0.25, -0.2) is 0 Å². The van der Waals surface area contributed by atoms with Crippen molar-refractivity contribution in [2.75, 3.05) is 11.2 Å². The maximum atomic E-state index is 12.0. The fourth-order valence-corrected chi connectivity index (χ4v) is 2.95. The minimum absolute atomic E-state index is 0.150. The van der Waals surface area contributed by atoms with Crippen LogP contribution in [-0.4, -0.2) is 11.8 Å². The molecule has 2 nitrogen and oxygen atoms in total. The highest BCUT2D eigenvalue weighted by molar-refractivity contribution is 6.17. The van der Waals surface area contributed by atoms with Crippen molar-refractivity contribution in [2.45, 2.75) is 44.9 Å². The molecule has 0 unspecified atom stereocenters. The zero-order valence-electron chi connectivity index (χ0n) is 11.3. The Morgan fingerprint density at radius 2 is 1.84 bits per heavy atom. The highest BCUT2D eigenvalue weighted by Crippen LogP contribution is 2.26. The van der Waals surface area contributed by atoms with Gasteiger partial charge in [-0.15, -0.1) is 11.6 Å². The predicted octanol–water partition coefficient (Wildman–Crippen LogP) is 4.38. The van der Waals surface area contributed by atoms with E-state index in [-0.39, 0.29) is 5.91 Å². The van der Waals surface area contributed by atoms with Crippen molar-refractivity contribution in [3.63, 3.8) is 0 Å². The second-order valence-corrected chi connectivity index (χ2v) is 5.77. The molecule has 0 atom stereocenters. The van der Waals surface area contributed by atoms with Crippen LogP contribution in [0.3, 0.4) is 0 Å². The van der Waals surface area contributed by atoms with Crippen LogP contribution in [0.2, 0.25) is 0 Å². The van der Waals surface area contributed by atoms with Crippen LogP contribution in [0.5, 0.6) is 0 Å². The number of benzene rings is 1. The highest BCUT2D eigenvalue weighted by atomic mass is 35.5. The summed E-state index contributed by atoms with van der Waals surface area (Å²) in [7, 11) is 0. The summed E-state index contributed by atoms with van der Waals surface area (Å²) in [5.74, 6) is 1.37. The Hall–Kier alpha value is -1.02. The summed E-state index contributed by atoms with van der Waals surface area (Å²) in [5, 5.41) is 2.99. The molecule has 0 heterocycles. The monoisotopic (exact) mass is 279 g/mol. The van der Waals surface area contributed by atoms with Crippen LogP contribution >= 0.6 is 11.6 Å². The van der Waals surface area contributed by atoms with Gasteiger partial charge in [-0.1, -0.05) is 31.4 Å². The van der Waals surface area contributed by atoms with Gasteiger partial charge in [-0.2, -0.15) is 0 Å². The number of rotatable bonds is 5. The third kappa shape index (κ3) is 4.87. The quantitative estimate of drug-likeness (QED) is 0.797. The highest BCUT2D eigenvalue weighted by Gasteiger charge is 2.16. The topological polar surface area (TPSA) is 29.1 Å². The number of carbonyl (C=O) groups is 1. The molecule has 0 aromatic heterocycles. The first kappa shape index (κ1) is 14.4. The van der Waals surface area contributed by atoms with E-state index >= 15 is 0 Å². The van der Waals surface area contributed by atoms with Gasteiger partial charge in [0.05, 0.1) is 0 Å². The van der Waals surface area contributed by atoms with Gasteiger partial charge in [0, 0.05) is 18.0 Å². The van der Waals surface area contributed by atoms with Gasteiger partial charge in [0.25, 0.3) is 0 Å². The number of anilines is 1. The van der Waals surface area contributed by atoms with E-state index in [0.717, 1.165) is 12.1 Å². The standard InChI is InChI=1S/C16H22ClNO/c17-11-10-13-6-8-15(9-7-13)18-16(19)12-14-4-2-1-3-5-14/h6-9,14H,1-5,10-12H2,(H,18,19). The van der Waals surface area contributed by atoms with E-state index in [4.69, 9.17) is 11.6 Å². The van der Waals surface area contributed by atoms with E-state index in [1.807, 2.05) is 24.3 Å². The van der Waals surface area contributed by atoms with Crippen LogP contribution in [-0.2, 0) is 11.2 Å². The van der Waals surface area contributed by atoms with Crippen LogP contribution < -0.4 is 5.32 Å². The maximum Gasteiger partial charge on any atom is 0.224 e. The number of alkyl halides is 1. The Bertz CT molecular complexity index is 396. The van der Waals surface area contributed by atoms with Crippen LogP contribution in [0.25, 0.3) is 0 Å². The molecule has 0 aliphatic heterocycles. The number of amides is 1. The second kappa shape index (κ2) is 7.54. The number of hydrogen-bond acceptors (Lipinski definition) is 1. The molecule has 0 saturated heterocycles. The molecule has 104 valence electrons. The van der Waals surface area contributed by atoms with Crippen LogP contribution in [0.1, 0.15) is 44.1 Å². The third-order valence-electron chi connectivity index (χ3n) is 3.82. The number of carbonyl (C=O) groups excluding carboxylic acids is 1. The lowest BCUT2D eigenvalue weighted by Crippen LogP contribution is -2.18. The molecule has 1 saturated carbocycles. The van der Waals surface area contributed by atoms with Crippen molar-refractivity contribution in [2.24, 2.45) is 5.92 Å². The average Bonchev–Trinajstić information content (AvgIpc) is 2.42. The van der Waals surface area contributed by atoms with Crippen LogP contribution in [0.15, 0.2) is 24.3 Å². The molecule has 1 aliphatic carbocycles. The van der Waals surface area contributed by atoms with Gasteiger partial charge in [0.2, 0.25) is 5.91 Å². The summed E-state index contributed by atoms with van der Waals surface area (Å²) in [5.41, 5.74) is 2.10. The first-order valence-electron chi connectivity index (χ1n) is 7.22. The lowest BCUT2D eigenvalue weighted by molar-refractivity contribution is -0.117. The lowest BCUT2D eigenvalue weighted by Gasteiger charge is -2.20. The molecule has 1 aliphatic rings. The average molecular weight is 280 g/mol. The van der Waals surface area contributed by atoms with E-state index in [0.29, 0.717) is 18.2 Å². The number of hydrogen-bond donors (Lipinski definition) is 1. The fraction of sp³-hybridized carbons (Fsp3) is 0.562. The lowest BCUT2D eigenvalue weighted by atomic mass is 9.87. The van der Waals surface area contributed by atoms with Crippen molar-refractivity contribution >= 4 is 23.2 Å². The zero-order valence-corrected chi connectivity index (χ0v) is 12.1. The van der Waals surface area contributed by atoms with Crippen molar-refractivity contribution in [1.82, 2.24) is 0 Å². The Morgan fingerprint density at radius 1 is 1.16 bits per heavy atom. The first-order chi connectivity index (χ1) is 9.28. The Labute approximate surface area is 120 Å². The van der Waals surface area contributed by atoms with Crippen LogP contribution in [0.4, 0.5) is 5.69 Å². The van der Waals surface area contributed by atoms with Crippen molar-refractivity contribution < 1.29 is 4.79 Å². The molecule has 19 heavy (non-hydrogen) atoms. The van der Waals surface area contributed by atoms with Crippen molar-refractivity contribution in [3.05, 3.63) is 29.8 Å². The summed E-state index contributed by atoms with van der Waals surface area (Å²) in [6.45, 7) is 0. The third-order valence-corrected chi connectivity index (χ3v) is 4.01. The largest absolute Gasteiger partial charge is 0.326 e. The molecule has 1 N–H and O–H groups in total. The van der Waals surface area contributed by atoms with Gasteiger partial charge in [-0.05, 0) is 42.9 Å². The summed E-state index contributed by atoms with van der Waals surface area (Å²) < 4.78 is 0. The van der Waals surface area contributed by atoms with E-state index in [9.17, 15) is 4.79 Å². The molecule has 0 radical (unpaired) electrons. The molecule has 3 heteroatoms. The van der Waals surface area contributed by atoms with Crippen LogP contribution in [0, 0.1) is 5.92 Å². The van der Waals surface area contributed by atoms with Gasteiger partial charge >= 0.3 is 0 Å². The minimum Gasteiger partial charge on any atom is -0.326 e. The van der Waals surface area contributed by atoms with E-state index in [1.165, 1.54) is 37.7 Å². The SMILES string of the molecule is O=C(CC1CCCCC1)Nc1ccc(CCCl)cc1. The molecule has 0 spiro atoms. The van der Waals surface area contributed by atoms with Crippen molar-refractivity contribution in [1.29, 1.82) is 0 Å². The smallest absolute Gasteiger partial charge is 0.224 e. The second-order valence-electron chi connectivity index (χ2n) is 5.39. The minimum atomic E-state index is 0.150. The molecular formula is C16H22ClNO. The fourth-order valence-electron chi connectivity index (χ4n) is 2.73. The van der Waals surface area contributed by atoms with Crippen molar-refractivity contribution in [3.8, 4) is 0 Å². The van der Waals surface area contributed by atoms with E-state index in [2.05, 4.69) is 5.32 Å². The first-order valence-corrected chi connectivity index (χ1v) is 7.76. The predicted molar refractivity (Wildman–Crippen MR) is 80.7 cm³/mol. The van der Waals surface area contributed by atoms with Gasteiger partial charge in [0.1, 0.15) is 0 Å². The molecule has 1 aromatic rings. The summed E-state index contributed by atoms with van der Waals surface area (Å²) >= 11 is 5.70. The van der Waals surface area contributed by atoms with E-state index in [1.54, 1.807) is 0 Å². The van der Waals surface area contributed by atoms with E-state index < -0.39 is 0 Å². The molecule has 1 fully saturated rings. The summed E-state index contributed by atoms with van der Waals surface area (Å²) in [4.78, 5) is 12.0. The Balaban J connectivity index is 1.80. The molecule has 1 amide bonds. The zero-order chi connectivity index (χ0) is 13.5.